The summed E-state index contributed by atoms with van der Waals surface area (Å²) in [5.74, 6) is 0.752. The van der Waals surface area contributed by atoms with Crippen LogP contribution in [0.1, 0.15) is 9.67 Å². The molecule has 0 bridgehead atoms. The molecule has 0 spiro atoms. The Morgan fingerprint density at radius 3 is 2.93 bits per heavy atom. The van der Waals surface area contributed by atoms with Crippen molar-refractivity contribution in [2.24, 2.45) is 0 Å². The summed E-state index contributed by atoms with van der Waals surface area (Å²) >= 11 is 2.58. The zero-order chi connectivity index (χ0) is 18.4. The van der Waals surface area contributed by atoms with Gasteiger partial charge in [-0.15, -0.1) is 22.7 Å². The van der Waals surface area contributed by atoms with Gasteiger partial charge in [-0.25, -0.2) is 9.37 Å². The van der Waals surface area contributed by atoms with E-state index in [0.29, 0.717) is 26.9 Å². The summed E-state index contributed by atoms with van der Waals surface area (Å²) in [5.41, 5.74) is 1.61. The minimum absolute atomic E-state index is 0.215. The minimum Gasteiger partial charge on any atom is -0.454 e. The number of fused-ring (bicyclic) bond motifs is 2. The molecule has 1 aliphatic heterocycles. The van der Waals surface area contributed by atoms with E-state index in [4.69, 9.17) is 9.47 Å². The second-order valence-corrected chi connectivity index (χ2v) is 7.76. The molecular formula is C19H11FN2O3S2. The largest absolute Gasteiger partial charge is 0.454 e. The molecule has 0 atom stereocenters. The lowest BCUT2D eigenvalue weighted by atomic mass is 10.1. The van der Waals surface area contributed by atoms with Crippen LogP contribution in [0.3, 0.4) is 0 Å². The molecule has 2 aromatic heterocycles. The molecule has 0 aliphatic carbocycles. The van der Waals surface area contributed by atoms with Crippen LogP contribution < -0.4 is 14.8 Å². The van der Waals surface area contributed by atoms with Crippen LogP contribution in [0.15, 0.2) is 47.8 Å². The van der Waals surface area contributed by atoms with E-state index in [0.717, 1.165) is 16.0 Å². The van der Waals surface area contributed by atoms with Gasteiger partial charge in [-0.05, 0) is 36.4 Å². The Bertz CT molecular complexity index is 1180. The minimum atomic E-state index is -0.331. The van der Waals surface area contributed by atoms with Crippen LogP contribution in [-0.2, 0) is 0 Å². The van der Waals surface area contributed by atoms with E-state index < -0.39 is 0 Å². The number of ether oxygens (including phenoxy) is 2. The van der Waals surface area contributed by atoms with Gasteiger partial charge in [0.2, 0.25) is 6.79 Å². The molecule has 1 N–H and O–H groups in total. The van der Waals surface area contributed by atoms with Crippen molar-refractivity contribution < 1.29 is 18.7 Å². The zero-order valence-electron chi connectivity index (χ0n) is 13.7. The number of rotatable bonds is 3. The lowest BCUT2D eigenvalue weighted by Gasteiger charge is -2.00. The summed E-state index contributed by atoms with van der Waals surface area (Å²) in [6, 6.07) is 12.0. The molecule has 5 nitrogen and oxygen atoms in total. The highest BCUT2D eigenvalue weighted by Crippen LogP contribution is 2.36. The first kappa shape index (κ1) is 16.2. The molecule has 134 valence electrons. The van der Waals surface area contributed by atoms with E-state index in [1.54, 1.807) is 18.2 Å². The van der Waals surface area contributed by atoms with Gasteiger partial charge in [0.25, 0.3) is 5.91 Å². The highest BCUT2D eigenvalue weighted by Gasteiger charge is 2.17. The predicted octanol–water partition coefficient (Wildman–Crippen LogP) is 5.14. The van der Waals surface area contributed by atoms with Crippen LogP contribution in [0.25, 0.3) is 21.3 Å². The summed E-state index contributed by atoms with van der Waals surface area (Å²) in [7, 11) is 0. The third-order valence-electron chi connectivity index (χ3n) is 4.13. The van der Waals surface area contributed by atoms with Crippen molar-refractivity contribution in [3.63, 3.8) is 0 Å². The number of anilines is 1. The van der Waals surface area contributed by atoms with Gasteiger partial charge in [-0.1, -0.05) is 6.07 Å². The number of thiophene rings is 1. The maximum atomic E-state index is 13.8. The standard InChI is InChI=1S/C19H11FN2O3S2/c20-12-2-1-3-16-11(12)7-17(27-16)18(23)22-19-21-13(8-26-19)10-4-5-14-15(6-10)25-9-24-14/h1-8H,9H2,(H,21,22,23). The maximum absolute atomic E-state index is 13.8. The van der Waals surface area contributed by atoms with E-state index >= 15 is 0 Å². The van der Waals surface area contributed by atoms with Gasteiger partial charge < -0.3 is 9.47 Å². The first-order valence-corrected chi connectivity index (χ1v) is 9.72. The molecule has 0 saturated carbocycles. The molecule has 2 aromatic carbocycles. The monoisotopic (exact) mass is 398 g/mol. The highest BCUT2D eigenvalue weighted by molar-refractivity contribution is 7.21. The Kier molecular flexibility index (Phi) is 3.80. The number of hydrogen-bond donors (Lipinski definition) is 1. The van der Waals surface area contributed by atoms with E-state index in [1.165, 1.54) is 28.7 Å². The first-order valence-electron chi connectivity index (χ1n) is 8.02. The number of carbonyl (C=O) groups is 1. The van der Waals surface area contributed by atoms with Gasteiger partial charge in [0.05, 0.1) is 10.6 Å². The average molecular weight is 398 g/mol. The van der Waals surface area contributed by atoms with Crippen LogP contribution in [0.5, 0.6) is 11.5 Å². The third-order valence-corrected chi connectivity index (χ3v) is 5.98. The molecule has 27 heavy (non-hydrogen) atoms. The quantitative estimate of drug-likeness (QED) is 0.519. The Morgan fingerprint density at radius 1 is 1.15 bits per heavy atom. The summed E-state index contributed by atoms with van der Waals surface area (Å²) in [5, 5.41) is 5.57. The van der Waals surface area contributed by atoms with Gasteiger partial charge >= 0.3 is 0 Å². The summed E-state index contributed by atoms with van der Waals surface area (Å²) in [6.45, 7) is 0.215. The number of carbonyl (C=O) groups excluding carboxylic acids is 1. The van der Waals surface area contributed by atoms with Gasteiger partial charge in [0.15, 0.2) is 16.6 Å². The van der Waals surface area contributed by atoms with Crippen molar-refractivity contribution in [1.29, 1.82) is 0 Å². The lowest BCUT2D eigenvalue weighted by molar-refractivity contribution is 0.103. The fourth-order valence-corrected chi connectivity index (χ4v) is 4.50. The maximum Gasteiger partial charge on any atom is 0.267 e. The second kappa shape index (κ2) is 6.33. The third kappa shape index (κ3) is 2.92. The van der Waals surface area contributed by atoms with Crippen LogP contribution in [0, 0.1) is 5.82 Å². The molecule has 3 heterocycles. The number of hydrogen-bond acceptors (Lipinski definition) is 6. The number of amides is 1. The molecule has 0 saturated heterocycles. The van der Waals surface area contributed by atoms with Gasteiger partial charge in [-0.2, -0.15) is 0 Å². The molecule has 0 radical (unpaired) electrons. The molecule has 0 unspecified atom stereocenters. The van der Waals surface area contributed by atoms with Crippen LogP contribution in [0.4, 0.5) is 9.52 Å². The fourth-order valence-electron chi connectivity index (χ4n) is 2.82. The van der Waals surface area contributed by atoms with Crippen molar-refractivity contribution >= 4 is 43.8 Å². The first-order chi connectivity index (χ1) is 13.2. The smallest absolute Gasteiger partial charge is 0.267 e. The molecule has 8 heteroatoms. The summed E-state index contributed by atoms with van der Waals surface area (Å²) < 4.78 is 25.2. The topological polar surface area (TPSA) is 60.5 Å². The van der Waals surface area contributed by atoms with Crippen LogP contribution in [-0.4, -0.2) is 17.7 Å². The molecule has 5 rings (SSSR count). The Morgan fingerprint density at radius 2 is 2.04 bits per heavy atom. The van der Waals surface area contributed by atoms with Crippen molar-refractivity contribution in [3.8, 4) is 22.8 Å². The van der Waals surface area contributed by atoms with E-state index in [9.17, 15) is 9.18 Å². The van der Waals surface area contributed by atoms with Crippen molar-refractivity contribution in [3.05, 3.63) is 58.5 Å². The Balaban J connectivity index is 1.38. The number of halogens is 1. The zero-order valence-corrected chi connectivity index (χ0v) is 15.3. The molecule has 4 aromatic rings. The van der Waals surface area contributed by atoms with Crippen LogP contribution >= 0.6 is 22.7 Å². The van der Waals surface area contributed by atoms with Gasteiger partial charge in [-0.3, -0.25) is 10.1 Å². The molecule has 0 fully saturated rings. The predicted molar refractivity (Wildman–Crippen MR) is 103 cm³/mol. The summed E-state index contributed by atoms with van der Waals surface area (Å²) in [6.07, 6.45) is 0. The normalized spacial score (nSPS) is 12.5. The van der Waals surface area contributed by atoms with E-state index in [2.05, 4.69) is 10.3 Å². The number of nitrogens with one attached hydrogen (secondary N) is 1. The lowest BCUT2D eigenvalue weighted by Crippen LogP contribution is -2.09. The fraction of sp³-hybridized carbons (Fsp3) is 0.0526. The molecule has 1 amide bonds. The van der Waals surface area contributed by atoms with E-state index in [1.807, 2.05) is 23.6 Å². The SMILES string of the molecule is O=C(Nc1nc(-c2ccc3c(c2)OCO3)cs1)c1cc2c(F)cccc2s1. The van der Waals surface area contributed by atoms with Crippen molar-refractivity contribution in [2.45, 2.75) is 0 Å². The number of nitrogens with zero attached hydrogens (tertiary/aromatic N) is 1. The molecule has 1 aliphatic rings. The number of thiazole rings is 1. The average Bonchev–Trinajstić information content (AvgIpc) is 3.40. The van der Waals surface area contributed by atoms with Gasteiger partial charge in [0.1, 0.15) is 5.82 Å². The molecular weight excluding hydrogens is 387 g/mol. The number of aromatic nitrogens is 1. The van der Waals surface area contributed by atoms with E-state index in [-0.39, 0.29) is 18.5 Å². The second-order valence-electron chi connectivity index (χ2n) is 5.82. The Hall–Kier alpha value is -2.97. The van der Waals surface area contributed by atoms with Crippen molar-refractivity contribution in [2.75, 3.05) is 12.1 Å². The Labute approximate surface area is 161 Å². The number of benzene rings is 2. The van der Waals surface area contributed by atoms with Crippen molar-refractivity contribution in [1.82, 2.24) is 4.98 Å². The van der Waals surface area contributed by atoms with Gasteiger partial charge in [0, 0.05) is 21.0 Å². The summed E-state index contributed by atoms with van der Waals surface area (Å²) in [4.78, 5) is 17.4. The van der Waals surface area contributed by atoms with Crippen LogP contribution in [0.2, 0.25) is 0 Å². The highest BCUT2D eigenvalue weighted by atomic mass is 32.1.